The maximum Gasteiger partial charge on any atom is 0.336 e. The Morgan fingerprint density at radius 2 is 1.77 bits per heavy atom. The first-order chi connectivity index (χ1) is 12.5. The van der Waals surface area contributed by atoms with Gasteiger partial charge in [-0.05, 0) is 37.1 Å². The lowest BCUT2D eigenvalue weighted by Crippen LogP contribution is -2.00. The first-order valence-corrected chi connectivity index (χ1v) is 8.20. The molecule has 0 unspecified atom stereocenters. The summed E-state index contributed by atoms with van der Waals surface area (Å²) in [6.45, 7) is 3.52. The van der Waals surface area contributed by atoms with Crippen LogP contribution in [-0.2, 0) is 0 Å². The van der Waals surface area contributed by atoms with Gasteiger partial charge in [0.15, 0.2) is 0 Å². The molecule has 0 amide bonds. The van der Waals surface area contributed by atoms with Crippen molar-refractivity contribution in [1.82, 2.24) is 9.97 Å². The molecule has 128 valence electrons. The van der Waals surface area contributed by atoms with Gasteiger partial charge in [0.1, 0.15) is 17.2 Å². The second-order valence-corrected chi connectivity index (χ2v) is 6.11. The van der Waals surface area contributed by atoms with Gasteiger partial charge in [0.05, 0.1) is 5.69 Å². The van der Waals surface area contributed by atoms with Crippen LogP contribution in [-0.4, -0.2) is 15.1 Å². The van der Waals surface area contributed by atoms with Crippen molar-refractivity contribution in [2.45, 2.75) is 13.8 Å². The van der Waals surface area contributed by atoms with Crippen molar-refractivity contribution in [1.29, 1.82) is 0 Å². The van der Waals surface area contributed by atoms with Crippen LogP contribution in [0, 0.1) is 13.8 Å². The molecule has 2 aromatic heterocycles. The predicted molar refractivity (Wildman–Crippen MR) is 100 cm³/mol. The number of aromatic nitrogens is 2. The van der Waals surface area contributed by atoms with Gasteiger partial charge >= 0.3 is 5.63 Å². The van der Waals surface area contributed by atoms with E-state index in [0.29, 0.717) is 28.2 Å². The molecule has 0 aliphatic carbocycles. The fourth-order valence-corrected chi connectivity index (χ4v) is 3.11. The standard InChI is InChI=1S/C21H16N2O3/c1-12-20(25)17(18-8-9-22-13(2)23-18)10-16-15(11-19(24)26-21(12)16)14-6-4-3-5-7-14/h3-11,25H,1-2H3. The third-order valence-corrected chi connectivity index (χ3v) is 4.38. The maximum atomic E-state index is 12.1. The van der Waals surface area contributed by atoms with E-state index < -0.39 is 5.63 Å². The highest BCUT2D eigenvalue weighted by Crippen LogP contribution is 2.39. The summed E-state index contributed by atoms with van der Waals surface area (Å²) in [5.41, 5.74) is 3.28. The Bertz CT molecular complexity index is 1180. The third kappa shape index (κ3) is 2.63. The zero-order chi connectivity index (χ0) is 18.3. The number of phenolic OH excluding ortho intramolecular Hbond substituents is 1. The number of phenols is 1. The number of nitrogens with zero attached hydrogens (tertiary/aromatic N) is 2. The van der Waals surface area contributed by atoms with Crippen molar-refractivity contribution >= 4 is 11.0 Å². The minimum absolute atomic E-state index is 0.0453. The summed E-state index contributed by atoms with van der Waals surface area (Å²) in [6, 6.07) is 14.6. The Balaban J connectivity index is 2.10. The highest BCUT2D eigenvalue weighted by atomic mass is 16.4. The Hall–Kier alpha value is -3.47. The van der Waals surface area contributed by atoms with Crippen LogP contribution in [0.1, 0.15) is 11.4 Å². The second-order valence-electron chi connectivity index (χ2n) is 6.11. The quantitative estimate of drug-likeness (QED) is 0.550. The molecule has 4 rings (SSSR count). The molecule has 5 heteroatoms. The first kappa shape index (κ1) is 16.0. The first-order valence-electron chi connectivity index (χ1n) is 8.20. The van der Waals surface area contributed by atoms with E-state index in [1.807, 2.05) is 36.4 Å². The maximum absolute atomic E-state index is 12.1. The van der Waals surface area contributed by atoms with E-state index in [1.54, 1.807) is 26.1 Å². The molecule has 0 saturated heterocycles. The summed E-state index contributed by atoms with van der Waals surface area (Å²) >= 11 is 0. The summed E-state index contributed by atoms with van der Waals surface area (Å²) in [6.07, 6.45) is 1.65. The number of hydrogen-bond donors (Lipinski definition) is 1. The fraction of sp³-hybridized carbons (Fsp3) is 0.0952. The molecule has 5 nitrogen and oxygen atoms in total. The van der Waals surface area contributed by atoms with Gasteiger partial charge in [-0.1, -0.05) is 30.3 Å². The number of aromatic hydroxyl groups is 1. The molecular weight excluding hydrogens is 328 g/mol. The highest BCUT2D eigenvalue weighted by Gasteiger charge is 2.17. The summed E-state index contributed by atoms with van der Waals surface area (Å²) in [4.78, 5) is 20.6. The molecule has 2 heterocycles. The van der Waals surface area contributed by atoms with Gasteiger partial charge in [0, 0.05) is 28.8 Å². The van der Waals surface area contributed by atoms with Gasteiger partial charge in [-0.3, -0.25) is 0 Å². The van der Waals surface area contributed by atoms with Crippen molar-refractivity contribution in [2.75, 3.05) is 0 Å². The van der Waals surface area contributed by atoms with E-state index in [4.69, 9.17) is 4.42 Å². The van der Waals surface area contributed by atoms with Crippen LogP contribution in [0.4, 0.5) is 0 Å². The van der Waals surface area contributed by atoms with Crippen molar-refractivity contribution in [3.8, 4) is 28.1 Å². The summed E-state index contributed by atoms with van der Waals surface area (Å²) < 4.78 is 5.40. The lowest BCUT2D eigenvalue weighted by atomic mass is 9.96. The van der Waals surface area contributed by atoms with E-state index in [-0.39, 0.29) is 5.75 Å². The number of fused-ring (bicyclic) bond motifs is 1. The minimum Gasteiger partial charge on any atom is -0.507 e. The average molecular weight is 344 g/mol. The second kappa shape index (κ2) is 6.11. The highest BCUT2D eigenvalue weighted by molar-refractivity contribution is 5.99. The average Bonchev–Trinajstić information content (AvgIpc) is 2.65. The topological polar surface area (TPSA) is 76.2 Å². The number of hydrogen-bond acceptors (Lipinski definition) is 5. The van der Waals surface area contributed by atoms with Gasteiger partial charge in [-0.25, -0.2) is 14.8 Å². The predicted octanol–water partition coefficient (Wildman–Crippen LogP) is 4.24. The van der Waals surface area contributed by atoms with E-state index in [1.165, 1.54) is 6.07 Å². The summed E-state index contributed by atoms with van der Waals surface area (Å²) in [5, 5.41) is 11.4. The van der Waals surface area contributed by atoms with Crippen molar-refractivity contribution in [2.24, 2.45) is 0 Å². The monoisotopic (exact) mass is 344 g/mol. The minimum atomic E-state index is -0.454. The van der Waals surface area contributed by atoms with E-state index in [9.17, 15) is 9.90 Å². The van der Waals surface area contributed by atoms with Crippen molar-refractivity contribution in [3.05, 3.63) is 76.5 Å². The number of aryl methyl sites for hydroxylation is 2. The summed E-state index contributed by atoms with van der Waals surface area (Å²) in [5.74, 6) is 0.659. The van der Waals surface area contributed by atoms with E-state index >= 15 is 0 Å². The lowest BCUT2D eigenvalue weighted by molar-refractivity contribution is 0.470. The Labute approximate surface area is 149 Å². The fourth-order valence-electron chi connectivity index (χ4n) is 3.11. The van der Waals surface area contributed by atoms with Gasteiger partial charge in [-0.15, -0.1) is 0 Å². The molecule has 0 fully saturated rings. The lowest BCUT2D eigenvalue weighted by Gasteiger charge is -2.13. The smallest absolute Gasteiger partial charge is 0.336 e. The van der Waals surface area contributed by atoms with Crippen LogP contribution in [0.25, 0.3) is 33.4 Å². The van der Waals surface area contributed by atoms with Crippen LogP contribution in [0.2, 0.25) is 0 Å². The van der Waals surface area contributed by atoms with E-state index in [0.717, 1.165) is 16.5 Å². The van der Waals surface area contributed by atoms with Crippen LogP contribution in [0.5, 0.6) is 5.75 Å². The molecule has 26 heavy (non-hydrogen) atoms. The van der Waals surface area contributed by atoms with Gasteiger partial charge < -0.3 is 9.52 Å². The summed E-state index contributed by atoms with van der Waals surface area (Å²) in [7, 11) is 0. The molecule has 0 atom stereocenters. The molecule has 0 aliphatic heterocycles. The zero-order valence-corrected chi connectivity index (χ0v) is 14.4. The largest absolute Gasteiger partial charge is 0.507 e. The van der Waals surface area contributed by atoms with E-state index in [2.05, 4.69) is 9.97 Å². The van der Waals surface area contributed by atoms with Crippen LogP contribution >= 0.6 is 0 Å². The number of rotatable bonds is 2. The number of benzene rings is 2. The molecule has 1 N–H and O–H groups in total. The Morgan fingerprint density at radius 3 is 2.50 bits per heavy atom. The van der Waals surface area contributed by atoms with Gasteiger partial charge in [0.25, 0.3) is 0 Å². The van der Waals surface area contributed by atoms with Gasteiger partial charge in [-0.2, -0.15) is 0 Å². The normalized spacial score (nSPS) is 11.0. The van der Waals surface area contributed by atoms with Crippen molar-refractivity contribution in [3.63, 3.8) is 0 Å². The van der Waals surface area contributed by atoms with Crippen LogP contribution in [0.3, 0.4) is 0 Å². The zero-order valence-electron chi connectivity index (χ0n) is 14.4. The Morgan fingerprint density at radius 1 is 1.00 bits per heavy atom. The molecule has 0 spiro atoms. The Kier molecular flexibility index (Phi) is 3.77. The van der Waals surface area contributed by atoms with Gasteiger partial charge in [0.2, 0.25) is 0 Å². The molecular formula is C21H16N2O3. The molecule has 0 saturated carbocycles. The molecule has 0 radical (unpaired) electrons. The molecule has 4 aromatic rings. The molecule has 2 aromatic carbocycles. The SMILES string of the molecule is Cc1nccc(-c2cc3c(-c4ccccc4)cc(=O)oc3c(C)c2O)n1. The molecule has 0 aliphatic rings. The van der Waals surface area contributed by atoms with Crippen LogP contribution in [0.15, 0.2) is 63.9 Å². The third-order valence-electron chi connectivity index (χ3n) is 4.38. The van der Waals surface area contributed by atoms with Crippen molar-refractivity contribution < 1.29 is 9.52 Å². The van der Waals surface area contributed by atoms with Crippen LogP contribution < -0.4 is 5.63 Å². The molecule has 0 bridgehead atoms.